The third-order valence-electron chi connectivity index (χ3n) is 12.2. The molecule has 2 heterocycles. The summed E-state index contributed by atoms with van der Waals surface area (Å²) in [5.41, 5.74) is 2.28. The summed E-state index contributed by atoms with van der Waals surface area (Å²) < 4.78 is 6.04. The molecule has 214 valence electrons. The van der Waals surface area contributed by atoms with E-state index in [9.17, 15) is 9.90 Å². The fourth-order valence-electron chi connectivity index (χ4n) is 10.1. The van der Waals surface area contributed by atoms with Crippen LogP contribution in [0.15, 0.2) is 30.2 Å². The van der Waals surface area contributed by atoms with Gasteiger partial charge in [0.25, 0.3) is 0 Å². The molecule has 1 aromatic rings. The van der Waals surface area contributed by atoms with E-state index < -0.39 is 0 Å². The zero-order chi connectivity index (χ0) is 27.2. The van der Waals surface area contributed by atoms with E-state index in [2.05, 4.69) is 36.8 Å². The van der Waals surface area contributed by atoms with Crippen molar-refractivity contribution >= 4 is 5.91 Å². The average Bonchev–Trinajstić information content (AvgIpc) is 3.30. The minimum Gasteiger partial charge on any atom is -0.472 e. The van der Waals surface area contributed by atoms with Crippen LogP contribution in [0.2, 0.25) is 0 Å². The summed E-state index contributed by atoms with van der Waals surface area (Å²) in [4.78, 5) is 23.5. The van der Waals surface area contributed by atoms with Crippen molar-refractivity contribution in [2.24, 2.45) is 40.4 Å². The fourth-order valence-corrected chi connectivity index (χ4v) is 10.1. The van der Waals surface area contributed by atoms with Crippen molar-refractivity contribution in [3.05, 3.63) is 30.2 Å². The first kappa shape index (κ1) is 27.2. The standard InChI is InChI=1S/C33H49N3O3/c1-22(6-11-31(38)36-18-4-5-25(20-36)39-30-14-17-34-21-35-30)27-9-10-28-26-8-7-23-19-24(37)12-15-32(23,2)29(26)13-16-33(27,28)3/h7,14,17,21-22,24-29,37H,4-6,8-13,15-16,18-20H2,1-3H3/t22?,24-,25?,26-,27+,28-,29-,32-,33+/m0/s1. The summed E-state index contributed by atoms with van der Waals surface area (Å²) >= 11 is 0. The van der Waals surface area contributed by atoms with Gasteiger partial charge in [0.1, 0.15) is 12.4 Å². The number of allylic oxidation sites excluding steroid dienone is 1. The number of aliphatic hydroxyl groups excluding tert-OH is 1. The van der Waals surface area contributed by atoms with E-state index in [0.29, 0.717) is 41.5 Å². The first-order valence-electron chi connectivity index (χ1n) is 15.9. The second-order valence-electron chi connectivity index (χ2n) is 14.2. The number of fused-ring (bicyclic) bond motifs is 5. The Morgan fingerprint density at radius 1 is 1.18 bits per heavy atom. The van der Waals surface area contributed by atoms with Crippen LogP contribution < -0.4 is 4.74 Å². The number of amides is 1. The molecule has 39 heavy (non-hydrogen) atoms. The molecule has 6 nitrogen and oxygen atoms in total. The van der Waals surface area contributed by atoms with Gasteiger partial charge in [-0.05, 0) is 111 Å². The van der Waals surface area contributed by atoms with Gasteiger partial charge in [-0.2, -0.15) is 0 Å². The predicted octanol–water partition coefficient (Wildman–Crippen LogP) is 6.20. The van der Waals surface area contributed by atoms with Gasteiger partial charge in [0.05, 0.1) is 12.6 Å². The molecule has 1 aliphatic heterocycles. The van der Waals surface area contributed by atoms with E-state index in [-0.39, 0.29) is 12.2 Å². The van der Waals surface area contributed by atoms with E-state index in [0.717, 1.165) is 68.7 Å². The normalized spacial score (nSPS) is 40.6. The van der Waals surface area contributed by atoms with E-state index in [1.165, 1.54) is 38.4 Å². The number of ether oxygens (including phenoxy) is 1. The Kier molecular flexibility index (Phi) is 7.54. The first-order valence-corrected chi connectivity index (χ1v) is 15.9. The van der Waals surface area contributed by atoms with Crippen LogP contribution in [0, 0.1) is 40.4 Å². The zero-order valence-electron chi connectivity index (χ0n) is 24.4. The van der Waals surface area contributed by atoms with E-state index in [4.69, 9.17) is 4.74 Å². The Bertz CT molecular complexity index is 1060. The molecule has 0 radical (unpaired) electrons. The Morgan fingerprint density at radius 3 is 2.87 bits per heavy atom. The molecule has 1 saturated heterocycles. The van der Waals surface area contributed by atoms with Crippen molar-refractivity contribution in [1.29, 1.82) is 0 Å². The van der Waals surface area contributed by atoms with Crippen LogP contribution in [0.1, 0.15) is 97.8 Å². The molecule has 3 saturated carbocycles. The van der Waals surface area contributed by atoms with Crippen LogP contribution in [-0.2, 0) is 4.79 Å². The maximum absolute atomic E-state index is 13.3. The van der Waals surface area contributed by atoms with Gasteiger partial charge in [-0.25, -0.2) is 9.97 Å². The number of carbonyl (C=O) groups is 1. The van der Waals surface area contributed by atoms with Gasteiger partial charge < -0.3 is 14.7 Å². The Labute approximate surface area is 235 Å². The number of nitrogens with zero attached hydrogens (tertiary/aromatic N) is 3. The number of aliphatic hydroxyl groups is 1. The third kappa shape index (κ3) is 5.04. The van der Waals surface area contributed by atoms with Gasteiger partial charge in [0, 0.05) is 25.2 Å². The van der Waals surface area contributed by atoms with Gasteiger partial charge in [-0.15, -0.1) is 0 Å². The molecule has 1 N–H and O–H groups in total. The molecule has 1 aromatic heterocycles. The molecule has 0 spiro atoms. The highest BCUT2D eigenvalue weighted by atomic mass is 16.5. The summed E-state index contributed by atoms with van der Waals surface area (Å²) in [6.07, 6.45) is 18.8. The SMILES string of the molecule is CC(CCC(=O)N1CCCC(Oc2ccncn2)C1)[C@H]1CC[C@H]2[C@@H]3CC=C4C[C@@H](O)CC[C@]4(C)[C@H]3CC[C@]12C. The quantitative estimate of drug-likeness (QED) is 0.439. The van der Waals surface area contributed by atoms with Crippen molar-refractivity contribution in [1.82, 2.24) is 14.9 Å². The minimum atomic E-state index is -0.129. The molecule has 4 aliphatic carbocycles. The zero-order valence-corrected chi connectivity index (χ0v) is 24.4. The number of hydrogen-bond acceptors (Lipinski definition) is 5. The smallest absolute Gasteiger partial charge is 0.222 e. The maximum atomic E-state index is 13.3. The topological polar surface area (TPSA) is 75.6 Å². The fraction of sp³-hybridized carbons (Fsp3) is 0.788. The molecule has 6 rings (SSSR count). The van der Waals surface area contributed by atoms with Crippen LogP contribution in [0.25, 0.3) is 0 Å². The highest BCUT2D eigenvalue weighted by Crippen LogP contribution is 2.67. The Morgan fingerprint density at radius 2 is 2.05 bits per heavy atom. The third-order valence-corrected chi connectivity index (χ3v) is 12.2. The van der Waals surface area contributed by atoms with Crippen LogP contribution in [0.5, 0.6) is 5.88 Å². The molecule has 9 atom stereocenters. The maximum Gasteiger partial charge on any atom is 0.222 e. The molecule has 6 heteroatoms. The first-order chi connectivity index (χ1) is 18.8. The second kappa shape index (κ2) is 10.8. The molecule has 0 bridgehead atoms. The highest BCUT2D eigenvalue weighted by molar-refractivity contribution is 5.76. The number of piperidine rings is 1. The van der Waals surface area contributed by atoms with Crippen molar-refractivity contribution in [3.63, 3.8) is 0 Å². The Hall–Kier alpha value is -1.95. The number of rotatable bonds is 6. The largest absolute Gasteiger partial charge is 0.472 e. The predicted molar refractivity (Wildman–Crippen MR) is 152 cm³/mol. The number of carbonyl (C=O) groups excluding carboxylic acids is 1. The molecule has 2 unspecified atom stereocenters. The highest BCUT2D eigenvalue weighted by Gasteiger charge is 2.59. The average molecular weight is 536 g/mol. The summed E-state index contributed by atoms with van der Waals surface area (Å²) in [7, 11) is 0. The monoisotopic (exact) mass is 535 g/mol. The lowest BCUT2D eigenvalue weighted by Crippen LogP contribution is -2.50. The van der Waals surface area contributed by atoms with E-state index >= 15 is 0 Å². The number of likely N-dealkylation sites (tertiary alicyclic amines) is 1. The van der Waals surface area contributed by atoms with Gasteiger partial charge in [0.2, 0.25) is 11.8 Å². The molecule has 1 amide bonds. The molecular weight excluding hydrogens is 486 g/mol. The molecular formula is C33H49N3O3. The lowest BCUT2D eigenvalue weighted by Gasteiger charge is -2.58. The molecule has 4 fully saturated rings. The molecule has 5 aliphatic rings. The summed E-state index contributed by atoms with van der Waals surface area (Å²) in [6, 6.07) is 1.79. The van der Waals surface area contributed by atoms with Crippen LogP contribution >= 0.6 is 0 Å². The minimum absolute atomic E-state index is 0.0130. The van der Waals surface area contributed by atoms with E-state index in [1.54, 1.807) is 17.8 Å². The van der Waals surface area contributed by atoms with E-state index in [1.807, 2.05) is 4.90 Å². The van der Waals surface area contributed by atoms with Crippen molar-refractivity contribution < 1.29 is 14.6 Å². The summed E-state index contributed by atoms with van der Waals surface area (Å²) in [6.45, 7) is 9.06. The van der Waals surface area contributed by atoms with Crippen LogP contribution in [-0.4, -0.2) is 51.2 Å². The van der Waals surface area contributed by atoms with Gasteiger partial charge >= 0.3 is 0 Å². The lowest BCUT2D eigenvalue weighted by molar-refractivity contribution is -0.134. The van der Waals surface area contributed by atoms with Crippen molar-refractivity contribution in [2.45, 2.75) is 110 Å². The summed E-state index contributed by atoms with van der Waals surface area (Å²) in [5, 5.41) is 10.3. The number of hydrogen-bond donors (Lipinski definition) is 1. The van der Waals surface area contributed by atoms with Gasteiger partial charge in [0.15, 0.2) is 0 Å². The van der Waals surface area contributed by atoms with Gasteiger partial charge in [-0.1, -0.05) is 32.4 Å². The van der Waals surface area contributed by atoms with Crippen LogP contribution in [0.3, 0.4) is 0 Å². The Balaban J connectivity index is 1.05. The summed E-state index contributed by atoms with van der Waals surface area (Å²) in [5.74, 6) is 4.58. The lowest BCUT2D eigenvalue weighted by atomic mass is 9.47. The van der Waals surface area contributed by atoms with Gasteiger partial charge in [-0.3, -0.25) is 4.79 Å². The van der Waals surface area contributed by atoms with Crippen LogP contribution in [0.4, 0.5) is 0 Å². The number of aromatic nitrogens is 2. The van der Waals surface area contributed by atoms with Crippen molar-refractivity contribution in [3.8, 4) is 5.88 Å². The van der Waals surface area contributed by atoms with Crippen molar-refractivity contribution in [2.75, 3.05) is 13.1 Å². The second-order valence-corrected chi connectivity index (χ2v) is 14.2. The molecule has 0 aromatic carbocycles.